The van der Waals surface area contributed by atoms with Crippen molar-refractivity contribution < 1.29 is 9.53 Å². The largest absolute Gasteiger partial charge is 0.469 e. The van der Waals surface area contributed by atoms with Crippen molar-refractivity contribution in [2.75, 3.05) is 13.4 Å². The van der Waals surface area contributed by atoms with Gasteiger partial charge in [0, 0.05) is 0 Å². The van der Waals surface area contributed by atoms with E-state index in [9.17, 15) is 4.79 Å². The Labute approximate surface area is 59.3 Å². The molecule has 0 radical (unpaired) electrons. The second kappa shape index (κ2) is 5.69. The molecule has 0 heterocycles. The van der Waals surface area contributed by atoms with Gasteiger partial charge in [0.15, 0.2) is 0 Å². The van der Waals surface area contributed by atoms with Crippen molar-refractivity contribution in [2.24, 2.45) is 0 Å². The predicted octanol–water partition coefficient (Wildman–Crippen LogP) is 1.43. The van der Waals surface area contributed by atoms with Crippen molar-refractivity contribution in [3.05, 3.63) is 11.5 Å². The van der Waals surface area contributed by atoms with E-state index >= 15 is 0 Å². The molecule has 0 atom stereocenters. The standard InChI is InChI=1S/C6H10O2S/c1-8-6(7)4-3-5-9-2/h3,5H,4H2,1-2H3/b5-3-. The molecule has 0 saturated carbocycles. The lowest BCUT2D eigenvalue weighted by atomic mass is 10.4. The van der Waals surface area contributed by atoms with Crippen LogP contribution >= 0.6 is 11.8 Å². The molecule has 0 amide bonds. The summed E-state index contributed by atoms with van der Waals surface area (Å²) in [5.41, 5.74) is 0. The monoisotopic (exact) mass is 146 g/mol. The molecule has 0 bridgehead atoms. The number of carbonyl (C=O) groups is 1. The predicted molar refractivity (Wildman–Crippen MR) is 39.3 cm³/mol. The fraction of sp³-hybridized carbons (Fsp3) is 0.500. The Morgan fingerprint density at radius 1 is 1.78 bits per heavy atom. The second-order valence-corrected chi connectivity index (χ2v) is 2.13. The van der Waals surface area contributed by atoms with Crippen LogP contribution in [-0.4, -0.2) is 19.3 Å². The van der Waals surface area contributed by atoms with Gasteiger partial charge in [0.2, 0.25) is 0 Å². The van der Waals surface area contributed by atoms with Crippen molar-refractivity contribution in [3.8, 4) is 0 Å². The quantitative estimate of drug-likeness (QED) is 0.563. The Morgan fingerprint density at radius 2 is 2.44 bits per heavy atom. The van der Waals surface area contributed by atoms with E-state index in [-0.39, 0.29) is 5.97 Å². The molecule has 0 aliphatic rings. The van der Waals surface area contributed by atoms with Gasteiger partial charge in [-0.15, -0.1) is 11.8 Å². The van der Waals surface area contributed by atoms with Gasteiger partial charge >= 0.3 is 5.97 Å². The number of ether oxygens (including phenoxy) is 1. The molecular weight excluding hydrogens is 136 g/mol. The lowest BCUT2D eigenvalue weighted by Crippen LogP contribution is -1.96. The molecule has 3 heteroatoms. The van der Waals surface area contributed by atoms with E-state index in [0.29, 0.717) is 6.42 Å². The first kappa shape index (κ1) is 8.56. The highest BCUT2D eigenvalue weighted by molar-refractivity contribution is 8.01. The van der Waals surface area contributed by atoms with E-state index in [1.165, 1.54) is 7.11 Å². The van der Waals surface area contributed by atoms with Gasteiger partial charge in [-0.1, -0.05) is 6.08 Å². The Bertz CT molecular complexity index is 110. The molecule has 2 nitrogen and oxygen atoms in total. The summed E-state index contributed by atoms with van der Waals surface area (Å²) in [6.45, 7) is 0. The van der Waals surface area contributed by atoms with Gasteiger partial charge in [0.05, 0.1) is 13.5 Å². The molecule has 0 aromatic heterocycles. The smallest absolute Gasteiger partial charge is 0.309 e. The maximum absolute atomic E-state index is 10.4. The molecule has 0 N–H and O–H groups in total. The van der Waals surface area contributed by atoms with Crippen LogP contribution in [0.2, 0.25) is 0 Å². The third kappa shape index (κ3) is 5.43. The lowest BCUT2D eigenvalue weighted by molar-refractivity contribution is -0.139. The molecule has 0 fully saturated rings. The number of methoxy groups -OCH3 is 1. The maximum Gasteiger partial charge on any atom is 0.309 e. The van der Waals surface area contributed by atoms with Crippen LogP contribution in [0.15, 0.2) is 11.5 Å². The molecule has 0 aromatic rings. The molecule has 0 spiro atoms. The zero-order valence-electron chi connectivity index (χ0n) is 5.59. The molecule has 0 aliphatic heterocycles. The number of hydrogen-bond donors (Lipinski definition) is 0. The summed E-state index contributed by atoms with van der Waals surface area (Å²) in [6.07, 6.45) is 4.08. The minimum absolute atomic E-state index is 0.194. The molecule has 0 aromatic carbocycles. The first-order chi connectivity index (χ1) is 4.31. The lowest BCUT2D eigenvalue weighted by Gasteiger charge is -1.90. The Hall–Kier alpha value is -0.440. The summed E-state index contributed by atoms with van der Waals surface area (Å²) in [6, 6.07) is 0. The average molecular weight is 146 g/mol. The van der Waals surface area contributed by atoms with E-state index in [4.69, 9.17) is 0 Å². The van der Waals surface area contributed by atoms with Crippen LogP contribution < -0.4 is 0 Å². The first-order valence-corrected chi connectivity index (χ1v) is 3.84. The SMILES string of the molecule is COC(=O)C/C=C\SC. The van der Waals surface area contributed by atoms with Gasteiger partial charge in [0.1, 0.15) is 0 Å². The third-order valence-electron chi connectivity index (χ3n) is 0.744. The number of esters is 1. The zero-order chi connectivity index (χ0) is 7.11. The fourth-order valence-corrected chi connectivity index (χ4v) is 0.613. The second-order valence-electron chi connectivity index (χ2n) is 1.39. The summed E-state index contributed by atoms with van der Waals surface area (Å²) in [4.78, 5) is 10.4. The third-order valence-corrected chi connectivity index (χ3v) is 1.21. The highest BCUT2D eigenvalue weighted by atomic mass is 32.2. The Balaban J connectivity index is 3.26. The van der Waals surface area contributed by atoms with E-state index in [0.717, 1.165) is 0 Å². The van der Waals surface area contributed by atoms with Gasteiger partial charge in [0.25, 0.3) is 0 Å². The van der Waals surface area contributed by atoms with Gasteiger partial charge in [-0.25, -0.2) is 0 Å². The van der Waals surface area contributed by atoms with Crippen molar-refractivity contribution in [1.82, 2.24) is 0 Å². The van der Waals surface area contributed by atoms with E-state index < -0.39 is 0 Å². The molecule has 0 rings (SSSR count). The fourth-order valence-electron chi connectivity index (χ4n) is 0.324. The highest BCUT2D eigenvalue weighted by Gasteiger charge is 1.91. The average Bonchev–Trinajstić information content (AvgIpc) is 1.89. The number of thioether (sulfide) groups is 1. The summed E-state index contributed by atoms with van der Waals surface area (Å²) >= 11 is 1.57. The molecule has 0 unspecified atom stereocenters. The Kier molecular flexibility index (Phi) is 5.41. The molecule has 0 aliphatic carbocycles. The van der Waals surface area contributed by atoms with Crippen LogP contribution in [0.25, 0.3) is 0 Å². The van der Waals surface area contributed by atoms with Crippen molar-refractivity contribution >= 4 is 17.7 Å². The minimum Gasteiger partial charge on any atom is -0.469 e. The van der Waals surface area contributed by atoms with Crippen molar-refractivity contribution in [3.63, 3.8) is 0 Å². The summed E-state index contributed by atoms with van der Waals surface area (Å²) in [5.74, 6) is -0.194. The van der Waals surface area contributed by atoms with Crippen LogP contribution in [0.5, 0.6) is 0 Å². The maximum atomic E-state index is 10.4. The van der Waals surface area contributed by atoms with Crippen LogP contribution in [-0.2, 0) is 9.53 Å². The number of carbonyl (C=O) groups excluding carboxylic acids is 1. The molecular formula is C6H10O2S. The normalized spacial score (nSPS) is 10.0. The van der Waals surface area contributed by atoms with Crippen molar-refractivity contribution in [2.45, 2.75) is 6.42 Å². The molecule has 0 saturated heterocycles. The first-order valence-electron chi connectivity index (χ1n) is 2.56. The van der Waals surface area contributed by atoms with Crippen LogP contribution in [0, 0.1) is 0 Å². The summed E-state index contributed by atoms with van der Waals surface area (Å²) in [7, 11) is 1.38. The molecule has 9 heavy (non-hydrogen) atoms. The highest BCUT2D eigenvalue weighted by Crippen LogP contribution is 1.95. The van der Waals surface area contributed by atoms with E-state index in [1.807, 2.05) is 11.7 Å². The van der Waals surface area contributed by atoms with Gasteiger partial charge in [-0.3, -0.25) is 4.79 Å². The summed E-state index contributed by atoms with van der Waals surface area (Å²) < 4.78 is 4.40. The zero-order valence-corrected chi connectivity index (χ0v) is 6.40. The van der Waals surface area contributed by atoms with Gasteiger partial charge in [-0.2, -0.15) is 0 Å². The summed E-state index contributed by atoms with van der Waals surface area (Å²) in [5, 5.41) is 1.86. The van der Waals surface area contributed by atoms with Gasteiger partial charge in [-0.05, 0) is 11.7 Å². The van der Waals surface area contributed by atoms with Crippen LogP contribution in [0.1, 0.15) is 6.42 Å². The topological polar surface area (TPSA) is 26.3 Å². The van der Waals surface area contributed by atoms with Crippen LogP contribution in [0.3, 0.4) is 0 Å². The van der Waals surface area contributed by atoms with Crippen molar-refractivity contribution in [1.29, 1.82) is 0 Å². The van der Waals surface area contributed by atoms with E-state index in [2.05, 4.69) is 4.74 Å². The number of rotatable bonds is 3. The minimum atomic E-state index is -0.194. The Morgan fingerprint density at radius 3 is 2.89 bits per heavy atom. The van der Waals surface area contributed by atoms with Crippen LogP contribution in [0.4, 0.5) is 0 Å². The molecule has 52 valence electrons. The van der Waals surface area contributed by atoms with E-state index in [1.54, 1.807) is 17.8 Å². The van der Waals surface area contributed by atoms with Gasteiger partial charge < -0.3 is 4.74 Å². The number of hydrogen-bond acceptors (Lipinski definition) is 3.